The predicted octanol–water partition coefficient (Wildman–Crippen LogP) is 2.13. The summed E-state index contributed by atoms with van der Waals surface area (Å²) in [6.07, 6.45) is 0. The highest BCUT2D eigenvalue weighted by Crippen LogP contribution is 2.09. The van der Waals surface area contributed by atoms with Crippen molar-refractivity contribution >= 4 is 17.4 Å². The van der Waals surface area contributed by atoms with Crippen LogP contribution >= 0.6 is 11.6 Å². The lowest BCUT2D eigenvalue weighted by Gasteiger charge is -2.00. The largest absolute Gasteiger partial charge is 0.305 e. The van der Waals surface area contributed by atoms with E-state index in [0.717, 1.165) is 11.1 Å². The van der Waals surface area contributed by atoms with Crippen molar-refractivity contribution in [2.24, 2.45) is 21.2 Å². The monoisotopic (exact) mass is 210 g/mol. The molecule has 14 heavy (non-hydrogen) atoms. The van der Waals surface area contributed by atoms with Crippen LogP contribution in [0.15, 0.2) is 39.6 Å². The zero-order valence-corrected chi connectivity index (χ0v) is 8.57. The Kier molecular flexibility index (Phi) is 4.07. The van der Waals surface area contributed by atoms with Gasteiger partial charge in [0.2, 0.25) is 0 Å². The average Bonchev–Trinajstić information content (AvgIpc) is 2.26. The Labute approximate surface area is 87.5 Å². The number of hydrogen-bond donors (Lipinski definition) is 1. The van der Waals surface area contributed by atoms with Gasteiger partial charge in [-0.2, -0.15) is 0 Å². The molecule has 2 N–H and O–H groups in total. The molecule has 0 bridgehead atoms. The van der Waals surface area contributed by atoms with Crippen LogP contribution in [0.3, 0.4) is 0 Å². The highest BCUT2D eigenvalue weighted by Gasteiger charge is 2.01. The van der Waals surface area contributed by atoms with Gasteiger partial charge in [0.15, 0.2) is 5.84 Å². The molecule has 0 saturated heterocycles. The maximum absolute atomic E-state index is 5.71. The van der Waals surface area contributed by atoms with Gasteiger partial charge in [-0.05, 0) is 11.6 Å². The van der Waals surface area contributed by atoms with Gasteiger partial charge < -0.3 is 5.84 Å². The lowest BCUT2D eigenvalue weighted by Crippen LogP contribution is -1.98. The van der Waals surface area contributed by atoms with Gasteiger partial charge in [-0.25, -0.2) is 0 Å². The maximum atomic E-state index is 5.71. The van der Waals surface area contributed by atoms with Gasteiger partial charge in [0.1, 0.15) is 0 Å². The zero-order valence-electron chi connectivity index (χ0n) is 7.81. The Morgan fingerprint density at radius 1 is 1.50 bits per heavy atom. The summed E-state index contributed by atoms with van der Waals surface area (Å²) in [5.74, 6) is 5.93. The molecule has 1 aromatic rings. The van der Waals surface area contributed by atoms with Crippen LogP contribution in [0.25, 0.3) is 0 Å². The standard InChI is InChI=1S/C9H11ClN4/c1-12-9(13-14-11)8-4-2-3-7(5-8)6-10/h2-5H,6H2,1H3,(H2,11,12,13). The van der Waals surface area contributed by atoms with Crippen molar-refractivity contribution in [3.05, 3.63) is 35.4 Å². The average molecular weight is 211 g/mol. The van der Waals surface area contributed by atoms with Crippen molar-refractivity contribution in [2.45, 2.75) is 5.88 Å². The molecule has 0 radical (unpaired) electrons. The molecule has 0 saturated carbocycles. The molecule has 0 atom stereocenters. The first-order valence-electron chi connectivity index (χ1n) is 4.04. The summed E-state index contributed by atoms with van der Waals surface area (Å²) in [4.78, 5) is 3.96. The van der Waals surface area contributed by atoms with Crippen molar-refractivity contribution < 1.29 is 0 Å². The molecule has 1 aromatic carbocycles. The highest BCUT2D eigenvalue weighted by molar-refractivity contribution is 6.17. The van der Waals surface area contributed by atoms with E-state index in [1.165, 1.54) is 0 Å². The Hall–Kier alpha value is -1.42. The minimum absolute atomic E-state index is 0.463. The van der Waals surface area contributed by atoms with E-state index in [2.05, 4.69) is 15.3 Å². The van der Waals surface area contributed by atoms with Crippen LogP contribution in [0.1, 0.15) is 11.1 Å². The van der Waals surface area contributed by atoms with Crippen LogP contribution in [0.2, 0.25) is 0 Å². The minimum atomic E-state index is 0.463. The van der Waals surface area contributed by atoms with Gasteiger partial charge >= 0.3 is 0 Å². The molecule has 0 aromatic heterocycles. The molecule has 0 spiro atoms. The fourth-order valence-corrected chi connectivity index (χ4v) is 1.25. The van der Waals surface area contributed by atoms with Crippen molar-refractivity contribution in [1.29, 1.82) is 0 Å². The Balaban J connectivity index is 3.05. The van der Waals surface area contributed by atoms with Crippen molar-refractivity contribution in [3.63, 3.8) is 0 Å². The first-order valence-corrected chi connectivity index (χ1v) is 4.58. The van der Waals surface area contributed by atoms with E-state index in [-0.39, 0.29) is 0 Å². The third kappa shape index (κ3) is 2.53. The number of nitrogens with zero attached hydrogens (tertiary/aromatic N) is 3. The van der Waals surface area contributed by atoms with Crippen LogP contribution in [0.5, 0.6) is 0 Å². The second-order valence-electron chi connectivity index (χ2n) is 2.60. The van der Waals surface area contributed by atoms with Gasteiger partial charge in [-0.15, -0.1) is 16.7 Å². The van der Waals surface area contributed by atoms with Gasteiger partial charge in [0.25, 0.3) is 0 Å². The van der Waals surface area contributed by atoms with Gasteiger partial charge in [-0.1, -0.05) is 23.4 Å². The summed E-state index contributed by atoms with van der Waals surface area (Å²) in [7, 11) is 1.64. The number of amidine groups is 1. The molecule has 0 unspecified atom stereocenters. The van der Waals surface area contributed by atoms with Crippen LogP contribution in [0, 0.1) is 0 Å². The summed E-state index contributed by atoms with van der Waals surface area (Å²) >= 11 is 5.71. The number of aliphatic imine (C=N–C) groups is 1. The first-order chi connectivity index (χ1) is 6.81. The maximum Gasteiger partial charge on any atom is 0.178 e. The number of rotatable bonds is 2. The van der Waals surface area contributed by atoms with Crippen molar-refractivity contribution in [1.82, 2.24) is 0 Å². The van der Waals surface area contributed by atoms with E-state index in [4.69, 9.17) is 17.4 Å². The first kappa shape index (κ1) is 10.7. The molecule has 0 aliphatic rings. The molecule has 5 heteroatoms. The number of alkyl halides is 1. The highest BCUT2D eigenvalue weighted by atomic mass is 35.5. The number of halogens is 1. The third-order valence-corrected chi connectivity index (χ3v) is 2.01. The van der Waals surface area contributed by atoms with Crippen molar-refractivity contribution in [2.75, 3.05) is 7.05 Å². The van der Waals surface area contributed by atoms with E-state index < -0.39 is 0 Å². The molecule has 0 fully saturated rings. The molecule has 4 nitrogen and oxygen atoms in total. The fraction of sp³-hybridized carbons (Fsp3) is 0.222. The summed E-state index contributed by atoms with van der Waals surface area (Å²) in [6.45, 7) is 0. The molecular formula is C9H11ClN4. The summed E-state index contributed by atoms with van der Waals surface area (Å²) < 4.78 is 0. The second kappa shape index (κ2) is 5.34. The topological polar surface area (TPSA) is 63.1 Å². The number of benzene rings is 1. The summed E-state index contributed by atoms with van der Waals surface area (Å²) in [5.41, 5.74) is 1.87. The molecule has 0 heterocycles. The SMILES string of the molecule is CN=C(N=NN)c1cccc(CCl)c1. The molecular weight excluding hydrogens is 200 g/mol. The van der Waals surface area contributed by atoms with Crippen molar-refractivity contribution in [3.8, 4) is 0 Å². The van der Waals surface area contributed by atoms with Crippen LogP contribution in [0.4, 0.5) is 0 Å². The normalized spacial score (nSPS) is 12.3. The summed E-state index contributed by atoms with van der Waals surface area (Å²) in [6, 6.07) is 7.62. The van der Waals surface area contributed by atoms with Crippen LogP contribution in [-0.4, -0.2) is 12.9 Å². The lowest BCUT2D eigenvalue weighted by molar-refractivity contribution is 1.08. The molecule has 1 rings (SSSR count). The third-order valence-electron chi connectivity index (χ3n) is 1.70. The lowest BCUT2D eigenvalue weighted by atomic mass is 10.1. The molecule has 74 valence electrons. The Bertz CT molecular complexity index is 360. The van der Waals surface area contributed by atoms with Crippen LogP contribution < -0.4 is 5.84 Å². The smallest absolute Gasteiger partial charge is 0.178 e. The molecule has 0 amide bonds. The van der Waals surface area contributed by atoms with E-state index in [1.807, 2.05) is 24.3 Å². The number of nitrogens with two attached hydrogens (primary N) is 1. The second-order valence-corrected chi connectivity index (χ2v) is 2.86. The Morgan fingerprint density at radius 3 is 2.86 bits per heavy atom. The van der Waals surface area contributed by atoms with Gasteiger partial charge in [-0.3, -0.25) is 4.99 Å². The quantitative estimate of drug-likeness (QED) is 0.199. The van der Waals surface area contributed by atoms with Crippen LogP contribution in [-0.2, 0) is 5.88 Å². The molecule has 0 aliphatic carbocycles. The van der Waals surface area contributed by atoms with E-state index >= 15 is 0 Å². The fourth-order valence-electron chi connectivity index (χ4n) is 1.08. The zero-order chi connectivity index (χ0) is 10.4. The van der Waals surface area contributed by atoms with Gasteiger partial charge in [0.05, 0.1) is 0 Å². The minimum Gasteiger partial charge on any atom is -0.305 e. The Morgan fingerprint density at radius 2 is 2.29 bits per heavy atom. The number of hydrogen-bond acceptors (Lipinski definition) is 2. The molecule has 0 aliphatic heterocycles. The predicted molar refractivity (Wildman–Crippen MR) is 57.5 cm³/mol. The van der Waals surface area contributed by atoms with E-state index in [1.54, 1.807) is 7.05 Å². The van der Waals surface area contributed by atoms with E-state index in [9.17, 15) is 0 Å². The van der Waals surface area contributed by atoms with E-state index in [0.29, 0.717) is 11.7 Å². The summed E-state index contributed by atoms with van der Waals surface area (Å²) in [5, 5.41) is 6.90. The van der Waals surface area contributed by atoms with Gasteiger partial charge in [0, 0.05) is 18.5 Å².